The van der Waals surface area contributed by atoms with Gasteiger partial charge in [0.1, 0.15) is 0 Å². The second kappa shape index (κ2) is 9.06. The zero-order valence-corrected chi connectivity index (χ0v) is 18.1. The van der Waals surface area contributed by atoms with E-state index >= 15 is 0 Å². The summed E-state index contributed by atoms with van der Waals surface area (Å²) in [6.45, 7) is 1.89. The molecule has 2 aliphatic rings. The van der Waals surface area contributed by atoms with Crippen LogP contribution in [0.25, 0.3) is 0 Å². The molecule has 2 amide bonds. The first kappa shape index (κ1) is 21.3. The number of anilines is 2. The fraction of sp³-hybridized carbons (Fsp3) is 0.458. The third-order valence-electron chi connectivity index (χ3n) is 6.28. The van der Waals surface area contributed by atoms with Crippen LogP contribution in [0.15, 0.2) is 36.7 Å². The van der Waals surface area contributed by atoms with Crippen LogP contribution < -0.4 is 15.5 Å². The average Bonchev–Trinajstić information content (AvgIpc) is 3.62. The Labute approximate surface area is 182 Å². The van der Waals surface area contributed by atoms with Crippen LogP contribution in [0.3, 0.4) is 0 Å². The number of pyridine rings is 1. The highest BCUT2D eigenvalue weighted by molar-refractivity contribution is 6.06. The number of aliphatic hydroxyl groups excluding tert-OH is 1. The maximum atomic E-state index is 12.9. The molecule has 7 nitrogen and oxygen atoms in total. The van der Waals surface area contributed by atoms with Gasteiger partial charge in [-0.1, -0.05) is 18.9 Å². The number of aliphatic hydroxyl groups is 1. The molecule has 164 valence electrons. The summed E-state index contributed by atoms with van der Waals surface area (Å²) in [5, 5.41) is 16.0. The van der Waals surface area contributed by atoms with Crippen molar-refractivity contribution in [2.75, 3.05) is 17.3 Å². The minimum Gasteiger partial charge on any atom is -0.391 e. The van der Waals surface area contributed by atoms with E-state index in [2.05, 4.69) is 20.5 Å². The predicted octanol–water partition coefficient (Wildman–Crippen LogP) is 3.27. The highest BCUT2D eigenvalue weighted by Gasteiger charge is 2.27. The van der Waals surface area contributed by atoms with Crippen molar-refractivity contribution in [2.24, 2.45) is 0 Å². The molecule has 0 bridgehead atoms. The summed E-state index contributed by atoms with van der Waals surface area (Å²) < 4.78 is 0. The molecule has 2 fully saturated rings. The number of carbonyl (C=O) groups is 2. The Bertz CT molecular complexity index is 973. The van der Waals surface area contributed by atoms with Gasteiger partial charge in [0.25, 0.3) is 11.8 Å². The van der Waals surface area contributed by atoms with Crippen LogP contribution >= 0.6 is 0 Å². The second-order valence-electron chi connectivity index (χ2n) is 8.69. The summed E-state index contributed by atoms with van der Waals surface area (Å²) in [7, 11) is 2.02. The van der Waals surface area contributed by atoms with Crippen LogP contribution in [-0.2, 0) is 0 Å². The SMILES string of the molecule is Cc1ccc(C(=O)N[C@H]2CCCC[C@@H]2O)cc1NC(=O)c1cncc(N(C)C2CC2)c1. The van der Waals surface area contributed by atoms with Crippen molar-refractivity contribution < 1.29 is 14.7 Å². The smallest absolute Gasteiger partial charge is 0.257 e. The Hall–Kier alpha value is -2.93. The van der Waals surface area contributed by atoms with Crippen LogP contribution in [-0.4, -0.2) is 47.1 Å². The highest BCUT2D eigenvalue weighted by Crippen LogP contribution is 2.30. The zero-order chi connectivity index (χ0) is 22.0. The van der Waals surface area contributed by atoms with E-state index in [1.54, 1.807) is 24.5 Å². The minimum atomic E-state index is -0.504. The predicted molar refractivity (Wildman–Crippen MR) is 121 cm³/mol. The van der Waals surface area contributed by atoms with Gasteiger partial charge in [0.2, 0.25) is 0 Å². The maximum Gasteiger partial charge on any atom is 0.257 e. The normalized spacial score (nSPS) is 20.7. The molecule has 31 heavy (non-hydrogen) atoms. The molecule has 0 saturated heterocycles. The van der Waals surface area contributed by atoms with E-state index in [0.717, 1.165) is 30.5 Å². The summed E-state index contributed by atoms with van der Waals surface area (Å²) in [6, 6.07) is 7.39. The third-order valence-corrected chi connectivity index (χ3v) is 6.28. The lowest BCUT2D eigenvalue weighted by Crippen LogP contribution is -2.45. The largest absolute Gasteiger partial charge is 0.391 e. The Morgan fingerprint density at radius 2 is 1.81 bits per heavy atom. The number of aromatic nitrogens is 1. The number of nitrogens with zero attached hydrogens (tertiary/aromatic N) is 2. The molecule has 1 aromatic carbocycles. The number of hydrogen-bond donors (Lipinski definition) is 3. The van der Waals surface area contributed by atoms with Crippen LogP contribution in [0, 0.1) is 6.92 Å². The van der Waals surface area contributed by atoms with E-state index in [9.17, 15) is 14.7 Å². The Morgan fingerprint density at radius 3 is 2.55 bits per heavy atom. The van der Waals surface area contributed by atoms with Gasteiger partial charge < -0.3 is 20.6 Å². The highest BCUT2D eigenvalue weighted by atomic mass is 16.3. The molecule has 0 unspecified atom stereocenters. The van der Waals surface area contributed by atoms with Gasteiger partial charge in [-0.25, -0.2) is 0 Å². The quantitative estimate of drug-likeness (QED) is 0.664. The molecule has 2 aliphatic carbocycles. The summed E-state index contributed by atoms with van der Waals surface area (Å²) in [4.78, 5) is 32.0. The van der Waals surface area contributed by atoms with Crippen LogP contribution in [0.5, 0.6) is 0 Å². The van der Waals surface area contributed by atoms with E-state index in [4.69, 9.17) is 0 Å². The standard InChI is InChI=1S/C24H30N4O3/c1-15-7-8-16(23(30)26-20-5-3-4-6-22(20)29)12-21(15)27-24(31)17-11-19(14-25-13-17)28(2)18-9-10-18/h7-8,11-14,18,20,22,29H,3-6,9-10H2,1-2H3,(H,26,30)(H,27,31)/t20-,22-/m0/s1. The number of aryl methyl sites for hydroxylation is 1. The molecule has 2 atom stereocenters. The van der Waals surface area contributed by atoms with Crippen molar-refractivity contribution in [3.63, 3.8) is 0 Å². The fourth-order valence-electron chi connectivity index (χ4n) is 4.04. The molecule has 0 spiro atoms. The Morgan fingerprint density at radius 1 is 1.03 bits per heavy atom. The molecule has 2 aromatic rings. The van der Waals surface area contributed by atoms with Gasteiger partial charge >= 0.3 is 0 Å². The Balaban J connectivity index is 1.46. The molecule has 7 heteroatoms. The molecular weight excluding hydrogens is 392 g/mol. The van der Waals surface area contributed by atoms with Crippen molar-refractivity contribution in [1.82, 2.24) is 10.3 Å². The zero-order valence-electron chi connectivity index (χ0n) is 18.1. The number of amides is 2. The van der Waals surface area contributed by atoms with E-state index in [-0.39, 0.29) is 17.9 Å². The number of hydrogen-bond acceptors (Lipinski definition) is 5. The minimum absolute atomic E-state index is 0.224. The number of nitrogens with one attached hydrogen (secondary N) is 2. The first-order chi connectivity index (χ1) is 14.9. The lowest BCUT2D eigenvalue weighted by Gasteiger charge is -2.28. The molecule has 2 saturated carbocycles. The summed E-state index contributed by atoms with van der Waals surface area (Å²) in [5.74, 6) is -0.502. The summed E-state index contributed by atoms with van der Waals surface area (Å²) in [6.07, 6.45) is 8.62. The van der Waals surface area contributed by atoms with Gasteiger partial charge in [-0.3, -0.25) is 14.6 Å². The van der Waals surface area contributed by atoms with Crippen molar-refractivity contribution in [3.8, 4) is 0 Å². The van der Waals surface area contributed by atoms with Crippen LogP contribution in [0.4, 0.5) is 11.4 Å². The number of benzene rings is 1. The third kappa shape index (κ3) is 5.05. The van der Waals surface area contributed by atoms with Gasteiger partial charge in [-0.2, -0.15) is 0 Å². The van der Waals surface area contributed by atoms with Gasteiger partial charge in [0.05, 0.1) is 29.6 Å². The van der Waals surface area contributed by atoms with Gasteiger partial charge in [0.15, 0.2) is 0 Å². The molecule has 3 N–H and O–H groups in total. The average molecular weight is 423 g/mol. The number of carbonyl (C=O) groups excluding carboxylic acids is 2. The van der Waals surface area contributed by atoms with E-state index in [0.29, 0.717) is 29.3 Å². The topological polar surface area (TPSA) is 94.6 Å². The van der Waals surface area contributed by atoms with Gasteiger partial charge in [-0.05, 0) is 56.4 Å². The van der Waals surface area contributed by atoms with E-state index in [1.165, 1.54) is 12.8 Å². The second-order valence-corrected chi connectivity index (χ2v) is 8.69. The molecule has 4 rings (SSSR count). The molecule has 1 aromatic heterocycles. The molecular formula is C24H30N4O3. The lowest BCUT2D eigenvalue weighted by molar-refractivity contribution is 0.0717. The fourth-order valence-corrected chi connectivity index (χ4v) is 4.04. The van der Waals surface area contributed by atoms with Gasteiger partial charge in [0, 0.05) is 30.5 Å². The molecule has 0 aliphatic heterocycles. The van der Waals surface area contributed by atoms with Crippen molar-refractivity contribution in [1.29, 1.82) is 0 Å². The first-order valence-corrected chi connectivity index (χ1v) is 11.0. The number of rotatable bonds is 6. The van der Waals surface area contributed by atoms with E-state index in [1.807, 2.05) is 26.1 Å². The Kier molecular flexibility index (Phi) is 6.23. The van der Waals surface area contributed by atoms with Crippen molar-refractivity contribution in [2.45, 2.75) is 63.6 Å². The summed E-state index contributed by atoms with van der Waals surface area (Å²) in [5.41, 5.74) is 3.30. The van der Waals surface area contributed by atoms with Crippen LogP contribution in [0.2, 0.25) is 0 Å². The summed E-state index contributed by atoms with van der Waals surface area (Å²) >= 11 is 0. The maximum absolute atomic E-state index is 12.9. The monoisotopic (exact) mass is 422 g/mol. The first-order valence-electron chi connectivity index (χ1n) is 11.0. The van der Waals surface area contributed by atoms with Crippen molar-refractivity contribution >= 4 is 23.2 Å². The van der Waals surface area contributed by atoms with Crippen LogP contribution in [0.1, 0.15) is 64.8 Å². The molecule has 0 radical (unpaired) electrons. The van der Waals surface area contributed by atoms with Gasteiger partial charge in [-0.15, -0.1) is 0 Å². The lowest BCUT2D eigenvalue weighted by atomic mass is 9.92. The molecule has 1 heterocycles. The van der Waals surface area contributed by atoms with E-state index < -0.39 is 6.10 Å². The van der Waals surface area contributed by atoms with Crippen molar-refractivity contribution in [3.05, 3.63) is 53.3 Å².